The van der Waals surface area contributed by atoms with Gasteiger partial charge in [-0.15, -0.1) is 11.3 Å². The van der Waals surface area contributed by atoms with Crippen LogP contribution in [0.15, 0.2) is 0 Å². The van der Waals surface area contributed by atoms with Gasteiger partial charge in [-0.25, -0.2) is 4.98 Å². The molecule has 0 radical (unpaired) electrons. The fourth-order valence-corrected chi connectivity index (χ4v) is 2.59. The van der Waals surface area contributed by atoms with Gasteiger partial charge in [-0.1, -0.05) is 13.8 Å². The summed E-state index contributed by atoms with van der Waals surface area (Å²) in [6, 6.07) is 0. The number of aryl methyl sites for hydroxylation is 2. The highest BCUT2D eigenvalue weighted by atomic mass is 32.1. The molecule has 3 nitrogen and oxygen atoms in total. The van der Waals surface area contributed by atoms with Crippen LogP contribution in [-0.2, 0) is 6.54 Å². The van der Waals surface area contributed by atoms with Gasteiger partial charge in [-0.3, -0.25) is 4.90 Å². The molecule has 1 heterocycles. The van der Waals surface area contributed by atoms with Gasteiger partial charge < -0.3 is 5.32 Å². The third-order valence-electron chi connectivity index (χ3n) is 2.70. The maximum atomic E-state index is 4.56. The Hall–Kier alpha value is -0.450. The molecule has 1 aromatic rings. The quantitative estimate of drug-likeness (QED) is 0.759. The highest BCUT2D eigenvalue weighted by Gasteiger charge is 2.06. The number of hydrogen-bond acceptors (Lipinski definition) is 4. The van der Waals surface area contributed by atoms with Crippen LogP contribution in [-0.4, -0.2) is 36.6 Å². The molecule has 17 heavy (non-hydrogen) atoms. The Morgan fingerprint density at radius 3 is 2.59 bits per heavy atom. The summed E-state index contributed by atoms with van der Waals surface area (Å²) in [7, 11) is 2.16. The summed E-state index contributed by atoms with van der Waals surface area (Å²) in [5, 5.41) is 4.69. The van der Waals surface area contributed by atoms with Crippen molar-refractivity contribution in [2.75, 3.05) is 26.7 Å². The van der Waals surface area contributed by atoms with Crippen LogP contribution in [0.1, 0.15) is 29.4 Å². The maximum absolute atomic E-state index is 4.56. The SMILES string of the molecule is Cc1nc(CN(C)CCNCC(C)C)sc1C. The van der Waals surface area contributed by atoms with E-state index in [1.54, 1.807) is 0 Å². The molecule has 0 aliphatic heterocycles. The molecule has 0 saturated carbocycles. The third kappa shape index (κ3) is 5.61. The Labute approximate surface area is 109 Å². The minimum Gasteiger partial charge on any atom is -0.315 e. The highest BCUT2D eigenvalue weighted by molar-refractivity contribution is 7.11. The number of likely N-dealkylation sites (N-methyl/N-ethyl adjacent to an activating group) is 1. The van der Waals surface area contributed by atoms with Gasteiger partial charge in [0.1, 0.15) is 5.01 Å². The first-order valence-electron chi connectivity index (χ1n) is 6.31. The van der Waals surface area contributed by atoms with Gasteiger partial charge in [-0.2, -0.15) is 0 Å². The molecule has 0 aliphatic carbocycles. The van der Waals surface area contributed by atoms with Crippen molar-refractivity contribution in [3.8, 4) is 0 Å². The lowest BCUT2D eigenvalue weighted by molar-refractivity contribution is 0.321. The second kappa shape index (κ2) is 7.09. The second-order valence-corrected chi connectivity index (χ2v) is 6.37. The number of aromatic nitrogens is 1. The Bertz CT molecular complexity index is 314. The molecular formula is C13H25N3S. The van der Waals surface area contributed by atoms with E-state index >= 15 is 0 Å². The van der Waals surface area contributed by atoms with Gasteiger partial charge in [0.2, 0.25) is 0 Å². The molecular weight excluding hydrogens is 230 g/mol. The Balaban J connectivity index is 2.22. The zero-order valence-electron chi connectivity index (χ0n) is 11.7. The lowest BCUT2D eigenvalue weighted by atomic mass is 10.2. The van der Waals surface area contributed by atoms with Gasteiger partial charge >= 0.3 is 0 Å². The van der Waals surface area contributed by atoms with Crippen LogP contribution in [0.25, 0.3) is 0 Å². The molecule has 0 bridgehead atoms. The van der Waals surface area contributed by atoms with Gasteiger partial charge in [0.25, 0.3) is 0 Å². The molecule has 0 spiro atoms. The van der Waals surface area contributed by atoms with E-state index in [2.05, 4.69) is 49.9 Å². The van der Waals surface area contributed by atoms with Crippen LogP contribution in [0.5, 0.6) is 0 Å². The predicted molar refractivity (Wildman–Crippen MR) is 75.6 cm³/mol. The van der Waals surface area contributed by atoms with Crippen molar-refractivity contribution in [1.29, 1.82) is 0 Å². The second-order valence-electron chi connectivity index (χ2n) is 5.08. The molecule has 0 amide bonds. The summed E-state index contributed by atoms with van der Waals surface area (Å²) in [5.41, 5.74) is 1.18. The molecule has 0 unspecified atom stereocenters. The number of thiazole rings is 1. The smallest absolute Gasteiger partial charge is 0.107 e. The molecule has 0 aromatic carbocycles. The van der Waals surface area contributed by atoms with Crippen molar-refractivity contribution in [3.05, 3.63) is 15.6 Å². The zero-order chi connectivity index (χ0) is 12.8. The zero-order valence-corrected chi connectivity index (χ0v) is 12.5. The van der Waals surface area contributed by atoms with Crippen molar-refractivity contribution in [1.82, 2.24) is 15.2 Å². The van der Waals surface area contributed by atoms with Crippen LogP contribution in [0, 0.1) is 19.8 Å². The minimum absolute atomic E-state index is 0.726. The first-order valence-corrected chi connectivity index (χ1v) is 7.13. The lowest BCUT2D eigenvalue weighted by Crippen LogP contribution is -2.30. The van der Waals surface area contributed by atoms with Crippen LogP contribution >= 0.6 is 11.3 Å². The Morgan fingerprint density at radius 2 is 2.06 bits per heavy atom. The predicted octanol–water partition coefficient (Wildman–Crippen LogP) is 2.44. The van der Waals surface area contributed by atoms with Gasteiger partial charge in [-0.05, 0) is 33.4 Å². The Kier molecular flexibility index (Phi) is 6.09. The normalized spacial score (nSPS) is 11.7. The summed E-state index contributed by atoms with van der Waals surface area (Å²) >= 11 is 1.81. The van der Waals surface area contributed by atoms with Crippen molar-refractivity contribution in [2.24, 2.45) is 5.92 Å². The standard InChI is InChI=1S/C13H25N3S/c1-10(2)8-14-6-7-16(5)9-13-15-11(3)12(4)17-13/h10,14H,6-9H2,1-5H3. The first-order chi connectivity index (χ1) is 7.99. The van der Waals surface area contributed by atoms with Crippen molar-refractivity contribution >= 4 is 11.3 Å². The molecule has 0 fully saturated rings. The molecule has 98 valence electrons. The topological polar surface area (TPSA) is 28.2 Å². The Morgan fingerprint density at radius 1 is 1.35 bits per heavy atom. The lowest BCUT2D eigenvalue weighted by Gasteiger charge is -2.16. The molecule has 1 N–H and O–H groups in total. The maximum Gasteiger partial charge on any atom is 0.107 e. The summed E-state index contributed by atoms with van der Waals surface area (Å²) in [4.78, 5) is 8.23. The molecule has 1 aromatic heterocycles. The molecule has 1 rings (SSSR count). The molecule has 0 saturated heterocycles. The molecule has 4 heteroatoms. The number of hydrogen-bond donors (Lipinski definition) is 1. The van der Waals surface area contributed by atoms with E-state index in [1.807, 2.05) is 11.3 Å². The fraction of sp³-hybridized carbons (Fsp3) is 0.769. The monoisotopic (exact) mass is 255 g/mol. The summed E-state index contributed by atoms with van der Waals surface area (Å²) in [5.74, 6) is 0.726. The van der Waals surface area contributed by atoms with E-state index in [0.717, 1.165) is 32.1 Å². The van der Waals surface area contributed by atoms with E-state index in [9.17, 15) is 0 Å². The van der Waals surface area contributed by atoms with Gasteiger partial charge in [0.15, 0.2) is 0 Å². The average Bonchev–Trinajstić information content (AvgIpc) is 2.52. The summed E-state index contributed by atoms with van der Waals surface area (Å²) < 4.78 is 0. The van der Waals surface area contributed by atoms with Gasteiger partial charge in [0, 0.05) is 18.0 Å². The molecule has 0 atom stereocenters. The first kappa shape index (κ1) is 14.6. The minimum atomic E-state index is 0.726. The van der Waals surface area contributed by atoms with Crippen molar-refractivity contribution < 1.29 is 0 Å². The highest BCUT2D eigenvalue weighted by Crippen LogP contribution is 2.17. The van der Waals surface area contributed by atoms with Gasteiger partial charge in [0.05, 0.1) is 12.2 Å². The third-order valence-corrected chi connectivity index (χ3v) is 3.76. The van der Waals surface area contributed by atoms with Crippen LogP contribution < -0.4 is 5.32 Å². The van der Waals surface area contributed by atoms with Crippen LogP contribution in [0.2, 0.25) is 0 Å². The fourth-order valence-electron chi connectivity index (χ4n) is 1.58. The number of nitrogens with one attached hydrogen (secondary N) is 1. The van der Waals surface area contributed by atoms with E-state index < -0.39 is 0 Å². The number of rotatable bonds is 7. The largest absolute Gasteiger partial charge is 0.315 e. The van der Waals surface area contributed by atoms with Crippen molar-refractivity contribution in [3.63, 3.8) is 0 Å². The number of nitrogens with zero attached hydrogens (tertiary/aromatic N) is 2. The van der Waals surface area contributed by atoms with E-state index in [0.29, 0.717) is 0 Å². The van der Waals surface area contributed by atoms with E-state index in [-0.39, 0.29) is 0 Å². The van der Waals surface area contributed by atoms with Crippen LogP contribution in [0.4, 0.5) is 0 Å². The van der Waals surface area contributed by atoms with Crippen molar-refractivity contribution in [2.45, 2.75) is 34.2 Å². The van der Waals surface area contributed by atoms with E-state index in [4.69, 9.17) is 0 Å². The molecule has 0 aliphatic rings. The average molecular weight is 255 g/mol. The summed E-state index contributed by atoms with van der Waals surface area (Å²) in [6.07, 6.45) is 0. The van der Waals surface area contributed by atoms with E-state index in [1.165, 1.54) is 15.6 Å². The summed E-state index contributed by atoms with van der Waals surface area (Å²) in [6.45, 7) is 12.9. The van der Waals surface area contributed by atoms with Crippen LogP contribution in [0.3, 0.4) is 0 Å².